The molecule has 0 saturated heterocycles. The third kappa shape index (κ3) is 4.95. The number of fused-ring (bicyclic) bond motifs is 2. The van der Waals surface area contributed by atoms with Gasteiger partial charge in [-0.2, -0.15) is 0 Å². The van der Waals surface area contributed by atoms with E-state index in [-0.39, 0.29) is 30.4 Å². The van der Waals surface area contributed by atoms with Crippen LogP contribution in [0.25, 0.3) is 21.9 Å². The number of furan rings is 2. The van der Waals surface area contributed by atoms with Crippen molar-refractivity contribution >= 4 is 51.1 Å². The van der Waals surface area contributed by atoms with Gasteiger partial charge in [-0.15, -0.1) is 0 Å². The first-order valence-corrected chi connectivity index (χ1v) is 11.8. The van der Waals surface area contributed by atoms with Crippen molar-refractivity contribution in [3.05, 3.63) is 95.4 Å². The number of rotatable bonds is 7. The number of anilines is 2. The molecule has 186 valence electrons. The molecule has 0 aliphatic rings. The van der Waals surface area contributed by atoms with E-state index in [4.69, 9.17) is 13.6 Å². The summed E-state index contributed by atoms with van der Waals surface area (Å²) in [6.45, 7) is 3.97. The number of esters is 1. The van der Waals surface area contributed by atoms with Gasteiger partial charge in [-0.25, -0.2) is 4.79 Å². The number of amides is 2. The van der Waals surface area contributed by atoms with Gasteiger partial charge in [0.05, 0.1) is 24.9 Å². The van der Waals surface area contributed by atoms with Gasteiger partial charge in [-0.1, -0.05) is 24.3 Å². The second kappa shape index (κ2) is 10.0. The first-order chi connectivity index (χ1) is 17.9. The topological polar surface area (TPSA) is 111 Å². The Kier molecular flexibility index (Phi) is 6.47. The zero-order valence-electron chi connectivity index (χ0n) is 20.3. The highest BCUT2D eigenvalue weighted by Crippen LogP contribution is 2.32. The highest BCUT2D eigenvalue weighted by molar-refractivity contribution is 6.15. The molecule has 3 aromatic carbocycles. The van der Waals surface area contributed by atoms with Crippen molar-refractivity contribution in [1.29, 1.82) is 0 Å². The number of hydrogen-bond donors (Lipinski definition) is 2. The smallest absolute Gasteiger partial charge is 0.338 e. The maximum Gasteiger partial charge on any atom is 0.338 e. The number of carbonyl (C=O) groups is 3. The standard InChI is InChI=1S/C29H24N2O6/c1-3-35-29(34)18-9-11-20(12-10-18)30-28(33)27-26(22-6-4-5-7-23(22)37-27)31-25(32)15-19-16-36-24-14-17(2)8-13-21(19)24/h4-14,16H,3,15H2,1-2H3,(H,30,33)(H,31,32). The Balaban J connectivity index is 1.38. The second-order valence-electron chi connectivity index (χ2n) is 8.54. The maximum absolute atomic E-state index is 13.2. The van der Waals surface area contributed by atoms with E-state index in [9.17, 15) is 14.4 Å². The van der Waals surface area contributed by atoms with E-state index < -0.39 is 11.9 Å². The Labute approximate surface area is 212 Å². The minimum absolute atomic E-state index is 0.0308. The quantitative estimate of drug-likeness (QED) is 0.264. The molecular formula is C29H24N2O6. The summed E-state index contributed by atoms with van der Waals surface area (Å²) >= 11 is 0. The number of carbonyl (C=O) groups excluding carboxylic acids is 3. The Morgan fingerprint density at radius 1 is 0.892 bits per heavy atom. The number of nitrogens with one attached hydrogen (secondary N) is 2. The van der Waals surface area contributed by atoms with Crippen molar-refractivity contribution in [3.8, 4) is 0 Å². The van der Waals surface area contributed by atoms with Gasteiger partial charge in [-0.05, 0) is 61.9 Å². The van der Waals surface area contributed by atoms with Gasteiger partial charge in [0.25, 0.3) is 5.91 Å². The molecular weight excluding hydrogens is 472 g/mol. The molecule has 8 heteroatoms. The van der Waals surface area contributed by atoms with Gasteiger partial charge in [0.1, 0.15) is 16.9 Å². The Bertz CT molecular complexity index is 1630. The average molecular weight is 497 g/mol. The largest absolute Gasteiger partial charge is 0.464 e. The summed E-state index contributed by atoms with van der Waals surface area (Å²) in [6.07, 6.45) is 1.64. The van der Waals surface area contributed by atoms with Crippen LogP contribution in [0.2, 0.25) is 0 Å². The third-order valence-electron chi connectivity index (χ3n) is 5.88. The Morgan fingerprint density at radius 3 is 2.46 bits per heavy atom. The van der Waals surface area contributed by atoms with Crippen LogP contribution in [0.5, 0.6) is 0 Å². The van der Waals surface area contributed by atoms with Crippen molar-refractivity contribution < 1.29 is 28.0 Å². The van der Waals surface area contributed by atoms with Crippen molar-refractivity contribution in [1.82, 2.24) is 0 Å². The summed E-state index contributed by atoms with van der Waals surface area (Å²) in [5.74, 6) is -1.33. The van der Waals surface area contributed by atoms with Crippen LogP contribution in [0.1, 0.15) is 39.0 Å². The third-order valence-corrected chi connectivity index (χ3v) is 5.88. The fourth-order valence-electron chi connectivity index (χ4n) is 4.11. The lowest BCUT2D eigenvalue weighted by atomic mass is 10.1. The van der Waals surface area contributed by atoms with E-state index in [0.717, 1.165) is 16.5 Å². The van der Waals surface area contributed by atoms with Crippen LogP contribution in [0.4, 0.5) is 11.4 Å². The predicted octanol–water partition coefficient (Wildman–Crippen LogP) is 6.10. The van der Waals surface area contributed by atoms with E-state index in [0.29, 0.717) is 27.8 Å². The van der Waals surface area contributed by atoms with Gasteiger partial charge < -0.3 is 24.2 Å². The molecule has 2 heterocycles. The van der Waals surface area contributed by atoms with Crippen LogP contribution < -0.4 is 10.6 Å². The molecule has 5 rings (SSSR count). The molecule has 0 aliphatic carbocycles. The lowest BCUT2D eigenvalue weighted by Crippen LogP contribution is -2.18. The van der Waals surface area contributed by atoms with Gasteiger partial charge in [0, 0.05) is 22.0 Å². The summed E-state index contributed by atoms with van der Waals surface area (Å²) in [6, 6.07) is 19.2. The van der Waals surface area contributed by atoms with Crippen molar-refractivity contribution in [2.24, 2.45) is 0 Å². The normalized spacial score (nSPS) is 11.0. The summed E-state index contributed by atoms with van der Waals surface area (Å²) < 4.78 is 16.4. The van der Waals surface area contributed by atoms with Crippen molar-refractivity contribution in [2.45, 2.75) is 20.3 Å². The lowest BCUT2D eigenvalue weighted by Gasteiger charge is -2.08. The number of aryl methyl sites for hydroxylation is 1. The molecule has 0 saturated carbocycles. The summed E-state index contributed by atoms with van der Waals surface area (Å²) in [5, 5.41) is 7.08. The molecule has 0 radical (unpaired) electrons. The number of hydrogen-bond acceptors (Lipinski definition) is 6. The highest BCUT2D eigenvalue weighted by atomic mass is 16.5. The van der Waals surface area contributed by atoms with Gasteiger partial charge in [0.15, 0.2) is 0 Å². The molecule has 0 spiro atoms. The lowest BCUT2D eigenvalue weighted by molar-refractivity contribution is -0.115. The number of ether oxygens (including phenoxy) is 1. The number of benzene rings is 3. The van der Waals surface area contributed by atoms with Gasteiger partial charge >= 0.3 is 5.97 Å². The second-order valence-corrected chi connectivity index (χ2v) is 8.54. The monoisotopic (exact) mass is 496 g/mol. The van der Waals surface area contributed by atoms with Crippen LogP contribution in [-0.4, -0.2) is 24.4 Å². The molecule has 0 bridgehead atoms. The van der Waals surface area contributed by atoms with Gasteiger partial charge in [-0.3, -0.25) is 9.59 Å². The first kappa shape index (κ1) is 23.9. The molecule has 0 aliphatic heterocycles. The van der Waals surface area contributed by atoms with E-state index >= 15 is 0 Å². The van der Waals surface area contributed by atoms with Crippen molar-refractivity contribution in [2.75, 3.05) is 17.2 Å². The zero-order valence-corrected chi connectivity index (χ0v) is 20.3. The maximum atomic E-state index is 13.2. The Morgan fingerprint density at radius 2 is 1.68 bits per heavy atom. The minimum Gasteiger partial charge on any atom is -0.464 e. The number of para-hydroxylation sites is 1. The van der Waals surface area contributed by atoms with Crippen LogP contribution >= 0.6 is 0 Å². The SMILES string of the molecule is CCOC(=O)c1ccc(NC(=O)c2oc3ccccc3c2NC(=O)Cc2coc3cc(C)ccc23)cc1. The molecule has 2 aromatic heterocycles. The fourth-order valence-corrected chi connectivity index (χ4v) is 4.11. The van der Waals surface area contributed by atoms with E-state index in [1.54, 1.807) is 61.7 Å². The molecule has 0 atom stereocenters. The van der Waals surface area contributed by atoms with Crippen LogP contribution in [-0.2, 0) is 16.0 Å². The van der Waals surface area contributed by atoms with Crippen LogP contribution in [0.3, 0.4) is 0 Å². The van der Waals surface area contributed by atoms with Gasteiger partial charge in [0.2, 0.25) is 11.7 Å². The molecule has 0 unspecified atom stereocenters. The van der Waals surface area contributed by atoms with Crippen LogP contribution in [0, 0.1) is 6.92 Å². The highest BCUT2D eigenvalue weighted by Gasteiger charge is 2.23. The molecule has 37 heavy (non-hydrogen) atoms. The average Bonchev–Trinajstić information content (AvgIpc) is 3.45. The van der Waals surface area contributed by atoms with E-state index in [1.165, 1.54) is 0 Å². The summed E-state index contributed by atoms with van der Waals surface area (Å²) in [7, 11) is 0. The summed E-state index contributed by atoms with van der Waals surface area (Å²) in [4.78, 5) is 38.1. The van der Waals surface area contributed by atoms with Crippen LogP contribution in [0.15, 0.2) is 81.8 Å². The molecule has 0 fully saturated rings. The van der Waals surface area contributed by atoms with E-state index in [1.807, 2.05) is 25.1 Å². The van der Waals surface area contributed by atoms with E-state index in [2.05, 4.69) is 10.6 Å². The molecule has 2 amide bonds. The fraction of sp³-hybridized carbons (Fsp3) is 0.138. The summed E-state index contributed by atoms with van der Waals surface area (Å²) in [5.41, 5.74) is 4.09. The predicted molar refractivity (Wildman–Crippen MR) is 140 cm³/mol. The zero-order chi connectivity index (χ0) is 25.9. The molecule has 2 N–H and O–H groups in total. The Hall–Kier alpha value is -4.85. The molecule has 8 nitrogen and oxygen atoms in total. The molecule has 5 aromatic rings. The first-order valence-electron chi connectivity index (χ1n) is 11.8. The van der Waals surface area contributed by atoms with Crippen molar-refractivity contribution in [3.63, 3.8) is 0 Å². The minimum atomic E-state index is -0.542.